The minimum atomic E-state index is -0.625. The Kier molecular flexibility index (Phi) is 9.15. The quantitative estimate of drug-likeness (QED) is 0.254. The molecule has 0 saturated carbocycles. The summed E-state index contributed by atoms with van der Waals surface area (Å²) in [7, 11) is 0. The molecule has 10 nitrogen and oxygen atoms in total. The van der Waals surface area contributed by atoms with Crippen LogP contribution in [0.4, 0.5) is 21.0 Å². The summed E-state index contributed by atoms with van der Waals surface area (Å²) in [5.41, 5.74) is 0.158. The molecule has 3 rings (SSSR count). The topological polar surface area (TPSA) is 129 Å². The molecule has 2 N–H and O–H groups in total. The van der Waals surface area contributed by atoms with Crippen molar-refractivity contribution in [2.45, 2.75) is 52.7 Å². The lowest BCUT2D eigenvalue weighted by Gasteiger charge is -2.19. The first-order valence-corrected chi connectivity index (χ1v) is 12.4. The fraction of sp³-hybridized carbons (Fsp3) is 0.267. The zero-order chi connectivity index (χ0) is 29.5. The molecule has 0 heterocycles. The highest BCUT2D eigenvalue weighted by molar-refractivity contribution is 5.95. The standard InChI is InChI=1S/C30H32N2O8/c1-29(2,3)39-27(35)31-21-11-15-23(16-12-21)37-25(33)19-7-9-20(10-8-19)26(34)38-24-17-13-22(14-18-24)32-28(36)40-30(4,5)6/h7-18H,1-6H3,(H,31,35)(H,32,36). The predicted molar refractivity (Wildman–Crippen MR) is 149 cm³/mol. The van der Waals surface area contributed by atoms with Gasteiger partial charge < -0.3 is 18.9 Å². The molecule has 3 aromatic rings. The Morgan fingerprint density at radius 2 is 0.800 bits per heavy atom. The second-order valence-electron chi connectivity index (χ2n) is 10.7. The number of hydrogen-bond acceptors (Lipinski definition) is 8. The van der Waals surface area contributed by atoms with Gasteiger partial charge in [-0.25, -0.2) is 19.2 Å². The fourth-order valence-electron chi connectivity index (χ4n) is 3.13. The average Bonchev–Trinajstić information content (AvgIpc) is 2.84. The minimum Gasteiger partial charge on any atom is -0.444 e. The van der Waals surface area contributed by atoms with E-state index in [1.165, 1.54) is 48.5 Å². The number of carbonyl (C=O) groups is 4. The van der Waals surface area contributed by atoms with Crippen LogP contribution in [0.1, 0.15) is 62.3 Å². The number of benzene rings is 3. The van der Waals surface area contributed by atoms with E-state index in [4.69, 9.17) is 18.9 Å². The summed E-state index contributed by atoms with van der Waals surface area (Å²) in [6.07, 6.45) is -1.19. The number of esters is 2. The molecule has 3 aromatic carbocycles. The van der Waals surface area contributed by atoms with Gasteiger partial charge in [0.05, 0.1) is 11.1 Å². The van der Waals surface area contributed by atoms with Crippen LogP contribution in [0.3, 0.4) is 0 Å². The number of amides is 2. The summed E-state index contributed by atoms with van der Waals surface area (Å²) >= 11 is 0. The highest BCUT2D eigenvalue weighted by Gasteiger charge is 2.18. The molecule has 0 saturated heterocycles. The van der Waals surface area contributed by atoms with Gasteiger partial charge in [-0.3, -0.25) is 10.6 Å². The number of anilines is 2. The molecule has 40 heavy (non-hydrogen) atoms. The van der Waals surface area contributed by atoms with Crippen LogP contribution in [0.5, 0.6) is 11.5 Å². The molecule has 0 radical (unpaired) electrons. The Balaban J connectivity index is 1.52. The lowest BCUT2D eigenvalue weighted by atomic mass is 10.1. The van der Waals surface area contributed by atoms with Gasteiger partial charge in [0.1, 0.15) is 22.7 Å². The van der Waals surface area contributed by atoms with Gasteiger partial charge >= 0.3 is 24.1 Å². The second-order valence-corrected chi connectivity index (χ2v) is 10.7. The van der Waals surface area contributed by atoms with E-state index >= 15 is 0 Å². The van der Waals surface area contributed by atoms with E-state index in [2.05, 4.69) is 10.6 Å². The lowest BCUT2D eigenvalue weighted by molar-refractivity contribution is 0.0624. The Bertz CT molecular complexity index is 1240. The average molecular weight is 549 g/mol. The Morgan fingerprint density at radius 1 is 0.500 bits per heavy atom. The van der Waals surface area contributed by atoms with Crippen molar-refractivity contribution in [2.75, 3.05) is 10.6 Å². The van der Waals surface area contributed by atoms with Gasteiger partial charge in [-0.05, 0) is 114 Å². The van der Waals surface area contributed by atoms with Gasteiger partial charge in [0.25, 0.3) is 0 Å². The van der Waals surface area contributed by atoms with Crippen LogP contribution in [0.15, 0.2) is 72.8 Å². The monoisotopic (exact) mass is 548 g/mol. The molecule has 0 spiro atoms. The first-order chi connectivity index (χ1) is 18.7. The molecule has 0 bridgehead atoms. The third kappa shape index (κ3) is 9.79. The van der Waals surface area contributed by atoms with Crippen LogP contribution in [0.25, 0.3) is 0 Å². The smallest absolute Gasteiger partial charge is 0.412 e. The fourth-order valence-corrected chi connectivity index (χ4v) is 3.13. The summed E-state index contributed by atoms with van der Waals surface area (Å²) in [5.74, 6) is -0.706. The molecule has 210 valence electrons. The van der Waals surface area contributed by atoms with Crippen molar-refractivity contribution >= 4 is 35.5 Å². The lowest BCUT2D eigenvalue weighted by Crippen LogP contribution is -2.27. The Labute approximate surface area is 232 Å². The van der Waals surface area contributed by atoms with Crippen molar-refractivity contribution in [2.24, 2.45) is 0 Å². The largest absolute Gasteiger partial charge is 0.444 e. The maximum absolute atomic E-state index is 12.5. The van der Waals surface area contributed by atoms with Crippen LogP contribution in [0.2, 0.25) is 0 Å². The Morgan fingerprint density at radius 3 is 1.07 bits per heavy atom. The van der Waals surface area contributed by atoms with Gasteiger partial charge in [-0.1, -0.05) is 0 Å². The van der Waals surface area contributed by atoms with Gasteiger partial charge in [0.15, 0.2) is 0 Å². The van der Waals surface area contributed by atoms with Crippen LogP contribution in [-0.4, -0.2) is 35.3 Å². The van der Waals surface area contributed by atoms with Crippen molar-refractivity contribution in [1.29, 1.82) is 0 Å². The minimum absolute atomic E-state index is 0.227. The van der Waals surface area contributed by atoms with E-state index in [-0.39, 0.29) is 22.6 Å². The summed E-state index contributed by atoms with van der Waals surface area (Å²) in [6.45, 7) is 10.6. The second kappa shape index (κ2) is 12.3. The van der Waals surface area contributed by atoms with Crippen molar-refractivity contribution in [3.63, 3.8) is 0 Å². The maximum atomic E-state index is 12.5. The number of nitrogens with one attached hydrogen (secondary N) is 2. The predicted octanol–water partition coefficient (Wildman–Crippen LogP) is 6.82. The van der Waals surface area contributed by atoms with Crippen molar-refractivity contribution in [3.8, 4) is 11.5 Å². The summed E-state index contributed by atoms with van der Waals surface area (Å²) in [5, 5.41) is 5.19. The molecule has 0 aromatic heterocycles. The molecular weight excluding hydrogens is 516 g/mol. The number of rotatable bonds is 6. The third-order valence-corrected chi connectivity index (χ3v) is 4.78. The zero-order valence-corrected chi connectivity index (χ0v) is 23.2. The van der Waals surface area contributed by atoms with E-state index < -0.39 is 35.3 Å². The van der Waals surface area contributed by atoms with E-state index in [9.17, 15) is 19.2 Å². The molecule has 0 atom stereocenters. The van der Waals surface area contributed by atoms with Crippen molar-refractivity contribution in [3.05, 3.63) is 83.9 Å². The van der Waals surface area contributed by atoms with E-state index in [1.807, 2.05) is 0 Å². The maximum Gasteiger partial charge on any atom is 0.412 e. The highest BCUT2D eigenvalue weighted by Crippen LogP contribution is 2.20. The SMILES string of the molecule is CC(C)(C)OC(=O)Nc1ccc(OC(=O)c2ccc(C(=O)Oc3ccc(NC(=O)OC(C)(C)C)cc3)cc2)cc1. The van der Waals surface area contributed by atoms with E-state index in [0.29, 0.717) is 11.4 Å². The van der Waals surface area contributed by atoms with Crippen LogP contribution in [-0.2, 0) is 9.47 Å². The van der Waals surface area contributed by atoms with E-state index in [1.54, 1.807) is 65.8 Å². The molecule has 2 amide bonds. The summed E-state index contributed by atoms with van der Waals surface area (Å²) < 4.78 is 21.1. The first kappa shape index (κ1) is 29.7. The van der Waals surface area contributed by atoms with Crippen LogP contribution in [0, 0.1) is 0 Å². The molecule has 0 aliphatic carbocycles. The summed E-state index contributed by atoms with van der Waals surface area (Å²) in [4.78, 5) is 48.8. The zero-order valence-electron chi connectivity index (χ0n) is 23.2. The van der Waals surface area contributed by atoms with Gasteiger partial charge in [-0.2, -0.15) is 0 Å². The number of hydrogen-bond donors (Lipinski definition) is 2. The third-order valence-electron chi connectivity index (χ3n) is 4.78. The molecule has 0 aliphatic rings. The highest BCUT2D eigenvalue weighted by atomic mass is 16.6. The Hall–Kier alpha value is -4.86. The van der Waals surface area contributed by atoms with Gasteiger partial charge in [0, 0.05) is 11.4 Å². The molecule has 0 aliphatic heterocycles. The van der Waals surface area contributed by atoms with Crippen LogP contribution >= 0.6 is 0 Å². The molecule has 10 heteroatoms. The normalized spacial score (nSPS) is 11.2. The van der Waals surface area contributed by atoms with Crippen LogP contribution < -0.4 is 20.1 Å². The number of carbonyl (C=O) groups excluding carboxylic acids is 4. The number of ether oxygens (including phenoxy) is 4. The van der Waals surface area contributed by atoms with E-state index in [0.717, 1.165) is 0 Å². The molecule has 0 unspecified atom stereocenters. The molecule has 0 fully saturated rings. The molecular formula is C30H32N2O8. The van der Waals surface area contributed by atoms with Crippen molar-refractivity contribution < 1.29 is 38.1 Å². The van der Waals surface area contributed by atoms with Gasteiger partial charge in [-0.15, -0.1) is 0 Å². The summed E-state index contributed by atoms with van der Waals surface area (Å²) in [6, 6.07) is 18.2. The van der Waals surface area contributed by atoms with Gasteiger partial charge in [0.2, 0.25) is 0 Å². The van der Waals surface area contributed by atoms with Crippen molar-refractivity contribution in [1.82, 2.24) is 0 Å². The first-order valence-electron chi connectivity index (χ1n) is 12.4.